The minimum Gasteiger partial charge on any atom is -0.467 e. The molecule has 170 valence electrons. The molecule has 1 aliphatic carbocycles. The number of hydrogen-bond acceptors (Lipinski definition) is 5. The summed E-state index contributed by atoms with van der Waals surface area (Å²) in [5, 5.41) is 2.85. The second kappa shape index (κ2) is 8.58. The van der Waals surface area contributed by atoms with Gasteiger partial charge in [-0.25, -0.2) is 13.2 Å². The van der Waals surface area contributed by atoms with Gasteiger partial charge in [-0.1, -0.05) is 43.5 Å². The van der Waals surface area contributed by atoms with Crippen molar-refractivity contribution in [1.29, 1.82) is 0 Å². The summed E-state index contributed by atoms with van der Waals surface area (Å²) in [6.45, 7) is 1.87. The third kappa shape index (κ3) is 3.88. The number of fused-ring (bicyclic) bond motifs is 1. The lowest BCUT2D eigenvalue weighted by Gasteiger charge is -2.35. The first-order chi connectivity index (χ1) is 15.3. The van der Waals surface area contributed by atoms with Crippen LogP contribution in [0.15, 0.2) is 53.4 Å². The minimum atomic E-state index is -3.86. The summed E-state index contributed by atoms with van der Waals surface area (Å²) in [4.78, 5) is 25.6. The van der Waals surface area contributed by atoms with E-state index < -0.39 is 27.4 Å². The SMILES string of the molecule is COC(=O)C1(NC(=O)c2cccc(S(=O)(=O)N3c4ccccc4CC3C)c2)CCCCC1. The average molecular weight is 457 g/mol. The largest absolute Gasteiger partial charge is 0.467 e. The van der Waals surface area contributed by atoms with Gasteiger partial charge in [-0.2, -0.15) is 0 Å². The topological polar surface area (TPSA) is 92.8 Å². The highest BCUT2D eigenvalue weighted by Crippen LogP contribution is 2.36. The third-order valence-corrected chi connectivity index (χ3v) is 8.36. The first kappa shape index (κ1) is 22.3. The van der Waals surface area contributed by atoms with Crippen molar-refractivity contribution in [3.8, 4) is 0 Å². The summed E-state index contributed by atoms with van der Waals surface area (Å²) in [6.07, 6.45) is 4.28. The van der Waals surface area contributed by atoms with Gasteiger partial charge in [0.2, 0.25) is 0 Å². The molecule has 0 spiro atoms. The Kier molecular flexibility index (Phi) is 5.99. The second-order valence-electron chi connectivity index (χ2n) is 8.60. The summed E-state index contributed by atoms with van der Waals surface area (Å²) < 4.78 is 33.4. The number of carbonyl (C=O) groups is 2. The van der Waals surface area contributed by atoms with E-state index in [-0.39, 0.29) is 16.5 Å². The van der Waals surface area contributed by atoms with Gasteiger partial charge in [0.1, 0.15) is 5.54 Å². The number of rotatable bonds is 5. The Hall–Kier alpha value is -2.87. The van der Waals surface area contributed by atoms with Crippen LogP contribution in [0.4, 0.5) is 5.69 Å². The zero-order valence-electron chi connectivity index (χ0n) is 18.3. The summed E-state index contributed by atoms with van der Waals surface area (Å²) in [5.41, 5.74) is 0.776. The fourth-order valence-corrected chi connectivity index (χ4v) is 6.57. The van der Waals surface area contributed by atoms with Crippen LogP contribution in [-0.2, 0) is 26.0 Å². The molecule has 0 aromatic heterocycles. The fourth-order valence-electron chi connectivity index (χ4n) is 4.84. The molecule has 2 aromatic rings. The van der Waals surface area contributed by atoms with Crippen LogP contribution < -0.4 is 9.62 Å². The molecule has 1 saturated carbocycles. The van der Waals surface area contributed by atoms with Gasteiger partial charge in [0.15, 0.2) is 0 Å². The van der Waals surface area contributed by atoms with Gasteiger partial charge >= 0.3 is 5.97 Å². The average Bonchev–Trinajstić information content (AvgIpc) is 3.15. The number of nitrogens with zero attached hydrogens (tertiary/aromatic N) is 1. The molecule has 1 fully saturated rings. The number of nitrogens with one attached hydrogen (secondary N) is 1. The standard InChI is InChI=1S/C24H28N2O5S/c1-17-15-18-9-4-5-12-21(18)26(17)32(29,30)20-11-8-10-19(16-20)22(27)25-24(23(28)31-2)13-6-3-7-14-24/h4-5,8-12,16-17H,3,6-7,13-15H2,1-2H3,(H,25,27). The number of methoxy groups -OCH3 is 1. The number of para-hydroxylation sites is 1. The highest BCUT2D eigenvalue weighted by molar-refractivity contribution is 7.92. The highest BCUT2D eigenvalue weighted by atomic mass is 32.2. The molecule has 1 heterocycles. The van der Waals surface area contributed by atoms with Crippen molar-refractivity contribution in [3.63, 3.8) is 0 Å². The Labute approximate surface area is 188 Å². The van der Waals surface area contributed by atoms with E-state index in [1.807, 2.05) is 25.1 Å². The Morgan fingerprint density at radius 2 is 1.78 bits per heavy atom. The van der Waals surface area contributed by atoms with Gasteiger partial charge in [-0.15, -0.1) is 0 Å². The number of carbonyl (C=O) groups excluding carboxylic acids is 2. The summed E-state index contributed by atoms with van der Waals surface area (Å²) >= 11 is 0. The molecule has 2 aliphatic rings. The lowest BCUT2D eigenvalue weighted by molar-refractivity contribution is -0.149. The fraction of sp³-hybridized carbons (Fsp3) is 0.417. The predicted octanol–water partition coefficient (Wildman–Crippen LogP) is 3.43. The Bertz CT molecular complexity index is 1140. The smallest absolute Gasteiger partial charge is 0.331 e. The van der Waals surface area contributed by atoms with Crippen molar-refractivity contribution in [3.05, 3.63) is 59.7 Å². The molecule has 1 aliphatic heterocycles. The number of amides is 1. The van der Waals surface area contributed by atoms with E-state index in [1.54, 1.807) is 18.2 Å². The molecule has 32 heavy (non-hydrogen) atoms. The summed E-state index contributed by atoms with van der Waals surface area (Å²) in [5.74, 6) is -0.943. The van der Waals surface area contributed by atoms with Crippen LogP contribution in [0.25, 0.3) is 0 Å². The molecule has 7 nitrogen and oxygen atoms in total. The van der Waals surface area contributed by atoms with Gasteiger partial charge in [-0.05, 0) is 56.0 Å². The molecule has 4 rings (SSSR count). The maximum absolute atomic E-state index is 13.5. The van der Waals surface area contributed by atoms with Crippen LogP contribution in [0.2, 0.25) is 0 Å². The number of sulfonamides is 1. The van der Waals surface area contributed by atoms with E-state index >= 15 is 0 Å². The zero-order valence-corrected chi connectivity index (χ0v) is 19.2. The van der Waals surface area contributed by atoms with E-state index in [0.29, 0.717) is 24.9 Å². The van der Waals surface area contributed by atoms with Gasteiger partial charge < -0.3 is 10.1 Å². The number of benzene rings is 2. The number of ether oxygens (including phenoxy) is 1. The Balaban J connectivity index is 1.64. The predicted molar refractivity (Wildman–Crippen MR) is 121 cm³/mol. The Morgan fingerprint density at radius 3 is 2.50 bits per heavy atom. The van der Waals surface area contributed by atoms with E-state index in [9.17, 15) is 18.0 Å². The Morgan fingerprint density at radius 1 is 1.06 bits per heavy atom. The third-order valence-electron chi connectivity index (χ3n) is 6.43. The van der Waals surface area contributed by atoms with Crippen LogP contribution in [-0.4, -0.2) is 39.0 Å². The van der Waals surface area contributed by atoms with Crippen LogP contribution in [0, 0.1) is 0 Å². The van der Waals surface area contributed by atoms with Crippen LogP contribution in [0.5, 0.6) is 0 Å². The van der Waals surface area contributed by atoms with E-state index in [1.165, 1.54) is 23.5 Å². The van der Waals surface area contributed by atoms with Gasteiger partial charge in [0.25, 0.3) is 15.9 Å². The molecule has 1 amide bonds. The quantitative estimate of drug-likeness (QED) is 0.696. The molecule has 1 atom stereocenters. The molecule has 8 heteroatoms. The van der Waals surface area contributed by atoms with Crippen molar-refractivity contribution in [2.24, 2.45) is 0 Å². The van der Waals surface area contributed by atoms with Crippen molar-refractivity contribution in [1.82, 2.24) is 5.32 Å². The highest BCUT2D eigenvalue weighted by Gasteiger charge is 2.42. The second-order valence-corrected chi connectivity index (χ2v) is 10.4. The number of hydrogen-bond donors (Lipinski definition) is 1. The molecule has 0 saturated heterocycles. The number of anilines is 1. The monoisotopic (exact) mass is 456 g/mol. The van der Waals surface area contributed by atoms with Gasteiger partial charge in [-0.3, -0.25) is 9.10 Å². The number of esters is 1. The summed E-state index contributed by atoms with van der Waals surface area (Å²) in [7, 11) is -2.55. The van der Waals surface area contributed by atoms with Crippen LogP contribution in [0.1, 0.15) is 54.9 Å². The van der Waals surface area contributed by atoms with E-state index in [2.05, 4.69) is 5.32 Å². The van der Waals surface area contributed by atoms with Crippen molar-refractivity contribution in [2.45, 2.75) is 61.9 Å². The first-order valence-electron chi connectivity index (χ1n) is 10.9. The van der Waals surface area contributed by atoms with Gasteiger partial charge in [0, 0.05) is 11.6 Å². The van der Waals surface area contributed by atoms with E-state index in [0.717, 1.165) is 24.8 Å². The molecule has 0 radical (unpaired) electrons. The maximum atomic E-state index is 13.5. The molecule has 0 bridgehead atoms. The molecule has 1 N–H and O–H groups in total. The molecular weight excluding hydrogens is 428 g/mol. The van der Waals surface area contributed by atoms with E-state index in [4.69, 9.17) is 4.74 Å². The van der Waals surface area contributed by atoms with Crippen LogP contribution in [0.3, 0.4) is 0 Å². The minimum absolute atomic E-state index is 0.0458. The van der Waals surface area contributed by atoms with Crippen molar-refractivity contribution in [2.75, 3.05) is 11.4 Å². The maximum Gasteiger partial charge on any atom is 0.331 e. The van der Waals surface area contributed by atoms with Crippen LogP contribution >= 0.6 is 0 Å². The van der Waals surface area contributed by atoms with Crippen molar-refractivity contribution < 1.29 is 22.7 Å². The normalized spacial score (nSPS) is 19.8. The lowest BCUT2D eigenvalue weighted by atomic mass is 9.81. The van der Waals surface area contributed by atoms with Gasteiger partial charge in [0.05, 0.1) is 17.7 Å². The zero-order chi connectivity index (χ0) is 22.9. The lowest BCUT2D eigenvalue weighted by Crippen LogP contribution is -2.56. The molecule has 1 unspecified atom stereocenters. The first-order valence-corrected chi connectivity index (χ1v) is 12.4. The molecular formula is C24H28N2O5S. The summed E-state index contributed by atoms with van der Waals surface area (Å²) in [6, 6.07) is 13.2. The van der Waals surface area contributed by atoms with Crippen molar-refractivity contribution >= 4 is 27.6 Å². The molecule has 2 aromatic carbocycles.